The first kappa shape index (κ1) is 10.8. The Balaban J connectivity index is 1.73. The van der Waals surface area contributed by atoms with E-state index in [0.717, 1.165) is 36.7 Å². The van der Waals surface area contributed by atoms with Gasteiger partial charge in [-0.3, -0.25) is 8.89 Å². The van der Waals surface area contributed by atoms with Gasteiger partial charge in [-0.1, -0.05) is 0 Å². The maximum absolute atomic E-state index is 11.7. The maximum Gasteiger partial charge on any atom is 0.0492 e. The molecule has 84 valence electrons. The predicted molar refractivity (Wildman–Crippen MR) is 61.1 cm³/mol. The lowest BCUT2D eigenvalue weighted by molar-refractivity contribution is 0.382. The van der Waals surface area contributed by atoms with Crippen molar-refractivity contribution in [2.45, 2.75) is 6.42 Å². The Morgan fingerprint density at radius 3 is 3.00 bits per heavy atom. The molecule has 1 saturated heterocycles. The predicted octanol–water partition coefficient (Wildman–Crippen LogP) is -0.0693. The van der Waals surface area contributed by atoms with Gasteiger partial charge in [0.05, 0.1) is 0 Å². The minimum Gasteiger partial charge on any atom is -0.316 e. The lowest BCUT2D eigenvalue weighted by atomic mass is 10.1. The summed E-state index contributed by atoms with van der Waals surface area (Å²) in [7, 11) is 1.25. The zero-order valence-corrected chi connectivity index (χ0v) is 9.80. The molecule has 1 aromatic heterocycles. The number of nitrogens with zero attached hydrogens (tertiary/aromatic N) is 2. The van der Waals surface area contributed by atoms with Crippen LogP contribution in [0.4, 0.5) is 0 Å². The molecule has 0 aromatic carbocycles. The average molecular weight is 227 g/mol. The highest BCUT2D eigenvalue weighted by Crippen LogP contribution is 2.06. The zero-order chi connectivity index (χ0) is 10.7. The molecule has 0 amide bonds. The van der Waals surface area contributed by atoms with Crippen molar-refractivity contribution in [3.05, 3.63) is 18.0 Å². The Morgan fingerprint density at radius 2 is 2.47 bits per heavy atom. The first-order valence-corrected chi connectivity index (χ1v) is 6.77. The van der Waals surface area contributed by atoms with Gasteiger partial charge in [-0.05, 0) is 12.0 Å². The molecule has 1 N–H and O–H groups in total. The van der Waals surface area contributed by atoms with E-state index in [-0.39, 0.29) is 0 Å². The molecule has 0 saturated carbocycles. The van der Waals surface area contributed by atoms with Crippen molar-refractivity contribution in [3.63, 3.8) is 0 Å². The molecule has 4 nitrogen and oxygen atoms in total. The third-order valence-corrected chi connectivity index (χ3v) is 4.30. The van der Waals surface area contributed by atoms with Crippen LogP contribution < -0.4 is 5.32 Å². The van der Waals surface area contributed by atoms with Crippen LogP contribution in [0, 0.1) is 5.92 Å². The van der Waals surface area contributed by atoms with Gasteiger partial charge in [0.2, 0.25) is 0 Å². The molecule has 0 aliphatic carbocycles. The van der Waals surface area contributed by atoms with E-state index in [4.69, 9.17) is 0 Å². The molecule has 1 aliphatic rings. The van der Waals surface area contributed by atoms with Crippen LogP contribution in [0.25, 0.3) is 0 Å². The molecular weight excluding hydrogens is 210 g/mol. The van der Waals surface area contributed by atoms with Gasteiger partial charge in [-0.2, -0.15) is 5.10 Å². The van der Waals surface area contributed by atoms with Crippen LogP contribution >= 0.6 is 0 Å². The molecule has 1 aliphatic heterocycles. The highest BCUT2D eigenvalue weighted by Gasteiger charge is 2.19. The van der Waals surface area contributed by atoms with Crippen molar-refractivity contribution < 1.29 is 4.21 Å². The number of hydrogen-bond donors (Lipinski definition) is 1. The van der Waals surface area contributed by atoms with Gasteiger partial charge in [-0.15, -0.1) is 0 Å². The Bertz CT molecular complexity index is 346. The molecular formula is C10H17N3OS. The second-order valence-corrected chi connectivity index (χ2v) is 5.65. The smallest absolute Gasteiger partial charge is 0.0492 e. The van der Waals surface area contributed by atoms with E-state index in [9.17, 15) is 4.21 Å². The van der Waals surface area contributed by atoms with Crippen LogP contribution in [0.15, 0.2) is 12.3 Å². The molecule has 1 fully saturated rings. The third-order valence-electron chi connectivity index (χ3n) is 2.80. The number of hydrogen-bond acceptors (Lipinski definition) is 3. The van der Waals surface area contributed by atoms with E-state index in [1.807, 2.05) is 17.8 Å². The monoisotopic (exact) mass is 227 g/mol. The van der Waals surface area contributed by atoms with Crippen molar-refractivity contribution in [2.75, 3.05) is 24.6 Å². The normalized spacial score (nSPS) is 18.7. The summed E-state index contributed by atoms with van der Waals surface area (Å²) in [6.45, 7) is 2.08. The SMILES string of the molecule is Cn1nccc1CCS(=O)CC1CNC1. The fourth-order valence-electron chi connectivity index (χ4n) is 1.68. The average Bonchev–Trinajstić information content (AvgIpc) is 2.55. The summed E-state index contributed by atoms with van der Waals surface area (Å²) in [5, 5.41) is 7.29. The lowest BCUT2D eigenvalue weighted by Gasteiger charge is -2.26. The van der Waals surface area contributed by atoms with E-state index in [2.05, 4.69) is 10.4 Å². The summed E-state index contributed by atoms with van der Waals surface area (Å²) < 4.78 is 13.6. The standard InChI is InChI=1S/C10H17N3OS/c1-13-10(2-4-12-13)3-5-15(14)8-9-6-11-7-9/h2,4,9,11H,3,5-8H2,1H3. The molecule has 15 heavy (non-hydrogen) atoms. The topological polar surface area (TPSA) is 46.9 Å². The molecule has 2 heterocycles. The summed E-state index contributed by atoms with van der Waals surface area (Å²) in [4.78, 5) is 0. The van der Waals surface area contributed by atoms with Crippen molar-refractivity contribution in [2.24, 2.45) is 13.0 Å². The first-order chi connectivity index (χ1) is 7.25. The third kappa shape index (κ3) is 2.89. The van der Waals surface area contributed by atoms with Crippen LogP contribution in [-0.4, -0.2) is 38.6 Å². The van der Waals surface area contributed by atoms with E-state index < -0.39 is 10.8 Å². The summed E-state index contributed by atoms with van der Waals surface area (Å²) in [5.41, 5.74) is 1.16. The molecule has 1 atom stereocenters. The molecule has 0 spiro atoms. The molecule has 2 rings (SSSR count). The highest BCUT2D eigenvalue weighted by atomic mass is 32.2. The van der Waals surface area contributed by atoms with Crippen molar-refractivity contribution in [1.29, 1.82) is 0 Å². The second-order valence-electron chi connectivity index (χ2n) is 4.03. The van der Waals surface area contributed by atoms with Gasteiger partial charge in [0.1, 0.15) is 0 Å². The van der Waals surface area contributed by atoms with E-state index >= 15 is 0 Å². The van der Waals surface area contributed by atoms with Crippen LogP contribution in [0.1, 0.15) is 5.69 Å². The van der Waals surface area contributed by atoms with E-state index in [1.54, 1.807) is 6.20 Å². The fraction of sp³-hybridized carbons (Fsp3) is 0.700. The Labute approximate surface area is 92.5 Å². The van der Waals surface area contributed by atoms with Crippen LogP contribution in [0.3, 0.4) is 0 Å². The molecule has 1 unspecified atom stereocenters. The van der Waals surface area contributed by atoms with Crippen LogP contribution in [-0.2, 0) is 24.3 Å². The minimum absolute atomic E-state index is 0.636. The van der Waals surface area contributed by atoms with Gasteiger partial charge < -0.3 is 5.32 Å². The Hall–Kier alpha value is -0.680. The Morgan fingerprint density at radius 1 is 1.67 bits per heavy atom. The lowest BCUT2D eigenvalue weighted by Crippen LogP contribution is -2.45. The van der Waals surface area contributed by atoms with E-state index in [0.29, 0.717) is 5.92 Å². The van der Waals surface area contributed by atoms with Gasteiger partial charge in [0, 0.05) is 60.8 Å². The van der Waals surface area contributed by atoms with Gasteiger partial charge in [-0.25, -0.2) is 0 Å². The summed E-state index contributed by atoms with van der Waals surface area (Å²) in [6, 6.07) is 1.99. The molecule has 5 heteroatoms. The first-order valence-electron chi connectivity index (χ1n) is 5.28. The Kier molecular flexibility index (Phi) is 3.53. The van der Waals surface area contributed by atoms with Gasteiger partial charge >= 0.3 is 0 Å². The van der Waals surface area contributed by atoms with Gasteiger partial charge in [0.25, 0.3) is 0 Å². The number of aromatic nitrogens is 2. The number of aryl methyl sites for hydroxylation is 2. The highest BCUT2D eigenvalue weighted by molar-refractivity contribution is 7.84. The van der Waals surface area contributed by atoms with Gasteiger partial charge in [0.15, 0.2) is 0 Å². The largest absolute Gasteiger partial charge is 0.316 e. The van der Waals surface area contributed by atoms with Crippen molar-refractivity contribution in [3.8, 4) is 0 Å². The number of nitrogens with one attached hydrogen (secondary N) is 1. The summed E-state index contributed by atoms with van der Waals surface area (Å²) in [5.74, 6) is 2.25. The van der Waals surface area contributed by atoms with Crippen LogP contribution in [0.2, 0.25) is 0 Å². The van der Waals surface area contributed by atoms with E-state index in [1.165, 1.54) is 0 Å². The quantitative estimate of drug-likeness (QED) is 0.766. The fourth-order valence-corrected chi connectivity index (χ4v) is 3.04. The molecule has 1 aromatic rings. The molecule has 0 radical (unpaired) electrons. The maximum atomic E-state index is 11.7. The van der Waals surface area contributed by atoms with Crippen LogP contribution in [0.5, 0.6) is 0 Å². The summed E-state index contributed by atoms with van der Waals surface area (Å²) in [6.07, 6.45) is 2.65. The minimum atomic E-state index is -0.673. The molecule has 0 bridgehead atoms. The van der Waals surface area contributed by atoms with Crippen molar-refractivity contribution >= 4 is 10.8 Å². The van der Waals surface area contributed by atoms with Crippen molar-refractivity contribution in [1.82, 2.24) is 15.1 Å². The second kappa shape index (κ2) is 4.90. The summed E-state index contributed by atoms with van der Waals surface area (Å²) >= 11 is 0. The zero-order valence-electron chi connectivity index (χ0n) is 8.98. The number of rotatable bonds is 5.